The average Bonchev–Trinajstić information content (AvgIpc) is 2.48. The lowest BCUT2D eigenvalue weighted by Gasteiger charge is -2.22. The third-order valence-electron chi connectivity index (χ3n) is 3.39. The smallest absolute Gasteiger partial charge is 0.241 e. The van der Waals surface area contributed by atoms with Crippen molar-refractivity contribution >= 4 is 16.0 Å². The van der Waals surface area contributed by atoms with Crippen LogP contribution in [0.2, 0.25) is 0 Å². The molecule has 142 valence electrons. The molecule has 1 aromatic carbocycles. The number of sulfonamides is 1. The van der Waals surface area contributed by atoms with Crippen molar-refractivity contribution in [3.8, 4) is 0 Å². The summed E-state index contributed by atoms with van der Waals surface area (Å²) in [5.41, 5.74) is 0.166. The maximum absolute atomic E-state index is 12.6. The minimum atomic E-state index is -3.58. The number of rotatable bonds is 7. The van der Waals surface area contributed by atoms with Gasteiger partial charge in [0.2, 0.25) is 10.0 Å². The van der Waals surface area contributed by atoms with Crippen LogP contribution >= 0.6 is 0 Å². The van der Waals surface area contributed by atoms with Gasteiger partial charge in [0.25, 0.3) is 0 Å². The number of benzene rings is 1. The Kier molecular flexibility index (Phi) is 7.89. The lowest BCUT2D eigenvalue weighted by Crippen LogP contribution is -2.41. The largest absolute Gasteiger partial charge is 0.356 e. The van der Waals surface area contributed by atoms with Gasteiger partial charge in [0.1, 0.15) is 0 Å². The Balaban J connectivity index is 2.84. The van der Waals surface area contributed by atoms with Crippen LogP contribution in [0.1, 0.15) is 46.6 Å². The summed E-state index contributed by atoms with van der Waals surface area (Å²) in [7, 11) is -1.88. The highest BCUT2D eigenvalue weighted by Gasteiger charge is 2.24. The van der Waals surface area contributed by atoms with Crippen LogP contribution in [0.25, 0.3) is 0 Å². The molecule has 1 aromatic rings. The van der Waals surface area contributed by atoms with Gasteiger partial charge >= 0.3 is 0 Å². The van der Waals surface area contributed by atoms with Crippen molar-refractivity contribution in [2.24, 2.45) is 10.9 Å². The molecule has 0 aliphatic heterocycles. The van der Waals surface area contributed by atoms with E-state index >= 15 is 0 Å². The summed E-state index contributed by atoms with van der Waals surface area (Å²) >= 11 is 0. The number of nitrogens with one attached hydrogen (secondary N) is 3. The average molecular weight is 369 g/mol. The van der Waals surface area contributed by atoms with Gasteiger partial charge in [-0.1, -0.05) is 32.0 Å². The topological polar surface area (TPSA) is 82.6 Å². The molecular weight excluding hydrogens is 336 g/mol. The van der Waals surface area contributed by atoms with Crippen LogP contribution in [0.5, 0.6) is 0 Å². The predicted octanol–water partition coefficient (Wildman–Crippen LogP) is 2.47. The lowest BCUT2D eigenvalue weighted by atomic mass is 10.1. The first-order valence-electron chi connectivity index (χ1n) is 8.61. The summed E-state index contributed by atoms with van der Waals surface area (Å²) in [5.74, 6) is 1.27. The Hall–Kier alpha value is -1.60. The lowest BCUT2D eigenvalue weighted by molar-refractivity contribution is 0.491. The van der Waals surface area contributed by atoms with Crippen LogP contribution in [0.3, 0.4) is 0 Å². The van der Waals surface area contributed by atoms with Crippen molar-refractivity contribution in [3.05, 3.63) is 29.8 Å². The highest BCUT2D eigenvalue weighted by atomic mass is 32.2. The molecule has 0 aromatic heterocycles. The fourth-order valence-corrected chi connectivity index (χ4v) is 3.91. The number of nitrogens with zero attached hydrogens (tertiary/aromatic N) is 1. The van der Waals surface area contributed by atoms with Crippen LogP contribution in [-0.4, -0.2) is 33.5 Å². The molecule has 3 N–H and O–H groups in total. The monoisotopic (exact) mass is 368 g/mol. The molecule has 0 saturated carbocycles. The highest BCUT2D eigenvalue weighted by Crippen LogP contribution is 2.17. The molecule has 6 nitrogen and oxygen atoms in total. The Morgan fingerprint density at radius 1 is 1.16 bits per heavy atom. The zero-order valence-corrected chi connectivity index (χ0v) is 17.0. The van der Waals surface area contributed by atoms with Crippen LogP contribution in [-0.2, 0) is 16.6 Å². The molecule has 0 radical (unpaired) electrons. The summed E-state index contributed by atoms with van der Waals surface area (Å²) < 4.78 is 28.0. The van der Waals surface area contributed by atoms with E-state index < -0.39 is 15.6 Å². The molecule has 7 heteroatoms. The minimum absolute atomic E-state index is 0.287. The van der Waals surface area contributed by atoms with E-state index in [9.17, 15) is 8.42 Å². The second-order valence-corrected chi connectivity index (χ2v) is 9.15. The van der Waals surface area contributed by atoms with Gasteiger partial charge in [0.15, 0.2) is 5.96 Å². The van der Waals surface area contributed by atoms with Gasteiger partial charge in [-0.25, -0.2) is 13.1 Å². The Morgan fingerprint density at radius 2 is 1.80 bits per heavy atom. The van der Waals surface area contributed by atoms with Gasteiger partial charge < -0.3 is 10.6 Å². The molecule has 0 aliphatic carbocycles. The molecule has 0 unspecified atom stereocenters. The first-order valence-corrected chi connectivity index (χ1v) is 10.1. The standard InChI is InChI=1S/C18H32N4O2S/c1-14(2)11-12-20-17(19-6)21-13-15-9-7-8-10-16(15)25(23,24)22-18(3,4)5/h7-10,14,22H,11-13H2,1-6H3,(H2,19,20,21). The Morgan fingerprint density at radius 3 is 2.36 bits per heavy atom. The molecule has 0 saturated heterocycles. The van der Waals surface area contributed by atoms with Gasteiger partial charge in [-0.15, -0.1) is 0 Å². The van der Waals surface area contributed by atoms with E-state index in [-0.39, 0.29) is 4.90 Å². The molecule has 0 amide bonds. The molecule has 25 heavy (non-hydrogen) atoms. The van der Waals surface area contributed by atoms with Gasteiger partial charge in [0, 0.05) is 25.7 Å². The first kappa shape index (κ1) is 21.4. The molecule has 0 bridgehead atoms. The van der Waals surface area contributed by atoms with Crippen LogP contribution in [0.15, 0.2) is 34.2 Å². The van der Waals surface area contributed by atoms with Gasteiger partial charge in [-0.2, -0.15) is 0 Å². The van der Waals surface area contributed by atoms with Crippen molar-refractivity contribution < 1.29 is 8.42 Å². The fourth-order valence-electron chi connectivity index (χ4n) is 2.25. The van der Waals surface area contributed by atoms with Crippen molar-refractivity contribution in [2.45, 2.75) is 58.0 Å². The summed E-state index contributed by atoms with van der Waals surface area (Å²) in [5, 5.41) is 6.42. The maximum atomic E-state index is 12.6. The normalized spacial score (nSPS) is 13.2. The van der Waals surface area contributed by atoms with E-state index in [1.165, 1.54) is 0 Å². The molecule has 0 aliphatic rings. The van der Waals surface area contributed by atoms with Crippen LogP contribution in [0, 0.1) is 5.92 Å². The molecule has 0 fully saturated rings. The first-order chi connectivity index (χ1) is 11.5. The van der Waals surface area contributed by atoms with Crippen molar-refractivity contribution in [2.75, 3.05) is 13.6 Å². The molecular formula is C18H32N4O2S. The second-order valence-electron chi connectivity index (χ2n) is 7.50. The van der Waals surface area contributed by atoms with E-state index in [0.29, 0.717) is 24.0 Å². The summed E-state index contributed by atoms with van der Waals surface area (Å²) in [4.78, 5) is 4.47. The highest BCUT2D eigenvalue weighted by molar-refractivity contribution is 7.89. The zero-order chi connectivity index (χ0) is 19.1. The quantitative estimate of drug-likeness (QED) is 0.510. The summed E-state index contributed by atoms with van der Waals surface area (Å²) in [6.07, 6.45) is 1.04. The van der Waals surface area contributed by atoms with E-state index in [0.717, 1.165) is 13.0 Å². The zero-order valence-electron chi connectivity index (χ0n) is 16.2. The van der Waals surface area contributed by atoms with E-state index in [2.05, 4.69) is 34.2 Å². The van der Waals surface area contributed by atoms with Crippen molar-refractivity contribution in [1.82, 2.24) is 15.4 Å². The Labute approximate surface area is 152 Å². The van der Waals surface area contributed by atoms with Gasteiger partial charge in [0.05, 0.1) is 4.90 Å². The third kappa shape index (κ3) is 7.88. The van der Waals surface area contributed by atoms with Crippen LogP contribution in [0.4, 0.5) is 0 Å². The molecule has 1 rings (SSSR count). The van der Waals surface area contributed by atoms with Crippen molar-refractivity contribution in [3.63, 3.8) is 0 Å². The Bertz CT molecular complexity index is 677. The van der Waals surface area contributed by atoms with E-state index in [1.807, 2.05) is 32.9 Å². The fraction of sp³-hybridized carbons (Fsp3) is 0.611. The number of guanidine groups is 1. The second kappa shape index (κ2) is 9.20. The van der Waals surface area contributed by atoms with Gasteiger partial charge in [-0.05, 0) is 44.7 Å². The SMILES string of the molecule is CN=C(NCCC(C)C)NCc1ccccc1S(=O)(=O)NC(C)(C)C. The number of hydrogen-bond donors (Lipinski definition) is 3. The molecule has 0 spiro atoms. The van der Waals surface area contributed by atoms with E-state index in [4.69, 9.17) is 0 Å². The predicted molar refractivity (Wildman–Crippen MR) is 104 cm³/mol. The minimum Gasteiger partial charge on any atom is -0.356 e. The third-order valence-corrected chi connectivity index (χ3v) is 5.25. The summed E-state index contributed by atoms with van der Waals surface area (Å²) in [6, 6.07) is 7.00. The van der Waals surface area contributed by atoms with Crippen molar-refractivity contribution in [1.29, 1.82) is 0 Å². The molecule has 0 atom stereocenters. The maximum Gasteiger partial charge on any atom is 0.241 e. The summed E-state index contributed by atoms with van der Waals surface area (Å²) in [6.45, 7) is 11.0. The molecule has 0 heterocycles. The van der Waals surface area contributed by atoms with E-state index in [1.54, 1.807) is 19.2 Å². The number of aliphatic imine (C=N–C) groups is 1. The van der Waals surface area contributed by atoms with Gasteiger partial charge in [-0.3, -0.25) is 4.99 Å². The van der Waals surface area contributed by atoms with Crippen LogP contribution < -0.4 is 15.4 Å². The number of hydrogen-bond acceptors (Lipinski definition) is 3.